The molecule has 0 saturated heterocycles. The molecule has 6 nitrogen and oxygen atoms in total. The minimum absolute atomic E-state index is 0.269. The average molecular weight is 509 g/mol. The van der Waals surface area contributed by atoms with Crippen molar-refractivity contribution in [2.45, 2.75) is 0 Å². The number of hydrogen-bond donors (Lipinski definition) is 1. The van der Waals surface area contributed by atoms with Gasteiger partial charge in [-0.2, -0.15) is 5.10 Å². The molecule has 1 heterocycles. The number of ether oxygens (including phenoxy) is 2. The highest BCUT2D eigenvalue weighted by atomic mass is 79.9. The third-order valence-electron chi connectivity index (χ3n) is 3.75. The number of halogens is 3. The van der Waals surface area contributed by atoms with Crippen LogP contribution in [-0.4, -0.2) is 30.3 Å². The van der Waals surface area contributed by atoms with E-state index in [4.69, 9.17) is 32.7 Å². The van der Waals surface area contributed by atoms with Crippen molar-refractivity contribution in [2.75, 3.05) is 13.2 Å². The highest BCUT2D eigenvalue weighted by Gasteiger charge is 2.10. The zero-order valence-electron chi connectivity index (χ0n) is 15.5. The van der Waals surface area contributed by atoms with Crippen LogP contribution in [0.2, 0.25) is 10.0 Å². The average Bonchev–Trinajstić information content (AvgIpc) is 2.74. The summed E-state index contributed by atoms with van der Waals surface area (Å²) < 4.78 is 12.2. The van der Waals surface area contributed by atoms with Gasteiger partial charge in [0, 0.05) is 22.4 Å². The number of nitrogens with zero attached hydrogens (tertiary/aromatic N) is 2. The van der Waals surface area contributed by atoms with Crippen molar-refractivity contribution >= 4 is 51.3 Å². The van der Waals surface area contributed by atoms with Gasteiger partial charge in [-0.15, -0.1) is 0 Å². The van der Waals surface area contributed by atoms with Crippen LogP contribution in [0, 0.1) is 0 Å². The van der Waals surface area contributed by atoms with E-state index in [2.05, 4.69) is 31.4 Å². The van der Waals surface area contributed by atoms with E-state index in [1.807, 2.05) is 24.3 Å². The molecule has 1 N–H and O–H groups in total. The van der Waals surface area contributed by atoms with Crippen molar-refractivity contribution in [1.29, 1.82) is 0 Å². The van der Waals surface area contributed by atoms with Crippen LogP contribution in [0.15, 0.2) is 70.5 Å². The first-order chi connectivity index (χ1) is 14.5. The molecule has 3 aromatic rings. The fraction of sp³-hybridized carbons (Fsp3) is 0.0952. The Bertz CT molecular complexity index is 1010. The molecule has 2 aromatic carbocycles. The molecule has 0 aliphatic rings. The molecule has 0 fully saturated rings. The van der Waals surface area contributed by atoms with E-state index in [1.165, 1.54) is 18.6 Å². The Hall–Kier alpha value is -2.61. The number of hydrazone groups is 1. The van der Waals surface area contributed by atoms with E-state index in [1.54, 1.807) is 24.3 Å². The number of carbonyl (C=O) groups excluding carboxylic acids is 1. The number of hydrogen-bond acceptors (Lipinski definition) is 5. The molecule has 0 radical (unpaired) electrons. The van der Waals surface area contributed by atoms with Gasteiger partial charge in [-0.1, -0.05) is 39.1 Å². The molecule has 0 saturated carbocycles. The first-order valence-electron chi connectivity index (χ1n) is 8.76. The number of nitrogens with one attached hydrogen (secondary N) is 1. The highest BCUT2D eigenvalue weighted by molar-refractivity contribution is 9.10. The molecule has 30 heavy (non-hydrogen) atoms. The monoisotopic (exact) mass is 507 g/mol. The van der Waals surface area contributed by atoms with Gasteiger partial charge in [0.05, 0.1) is 16.3 Å². The Balaban J connectivity index is 1.53. The topological polar surface area (TPSA) is 72.8 Å². The number of benzene rings is 2. The van der Waals surface area contributed by atoms with Crippen LogP contribution in [0.25, 0.3) is 0 Å². The number of rotatable bonds is 8. The van der Waals surface area contributed by atoms with Crippen LogP contribution in [-0.2, 0) is 0 Å². The standard InChI is InChI=1S/C21H16BrCl2N3O3/c22-16-1-3-17(4-2-16)29-9-10-30-20-18(23)11-14(12-19(20)24)13-26-27-21(28)15-5-7-25-8-6-15/h1-8,11-13H,9-10H2,(H,27,28). The minimum Gasteiger partial charge on any atom is -0.490 e. The summed E-state index contributed by atoms with van der Waals surface area (Å²) in [6, 6.07) is 13.9. The normalized spacial score (nSPS) is 10.8. The second-order valence-electron chi connectivity index (χ2n) is 5.90. The zero-order valence-corrected chi connectivity index (χ0v) is 18.6. The maximum atomic E-state index is 11.9. The summed E-state index contributed by atoms with van der Waals surface area (Å²) in [5.41, 5.74) is 3.49. The predicted molar refractivity (Wildman–Crippen MR) is 121 cm³/mol. The molecule has 3 rings (SSSR count). The van der Waals surface area contributed by atoms with Gasteiger partial charge in [0.25, 0.3) is 5.91 Å². The van der Waals surface area contributed by atoms with E-state index in [0.29, 0.717) is 33.5 Å². The maximum absolute atomic E-state index is 11.9. The summed E-state index contributed by atoms with van der Waals surface area (Å²) in [6.45, 7) is 0.601. The first-order valence-corrected chi connectivity index (χ1v) is 10.3. The summed E-state index contributed by atoms with van der Waals surface area (Å²) in [6.07, 6.45) is 4.50. The Morgan fingerprint density at radius 1 is 1.03 bits per heavy atom. The molecule has 0 bridgehead atoms. The molecule has 0 unspecified atom stereocenters. The largest absolute Gasteiger partial charge is 0.490 e. The molecule has 1 aromatic heterocycles. The fourth-order valence-electron chi connectivity index (χ4n) is 2.36. The van der Waals surface area contributed by atoms with Gasteiger partial charge in [-0.05, 0) is 54.1 Å². The van der Waals surface area contributed by atoms with Gasteiger partial charge >= 0.3 is 0 Å². The van der Waals surface area contributed by atoms with Crippen molar-refractivity contribution in [3.05, 3.63) is 86.6 Å². The number of amides is 1. The van der Waals surface area contributed by atoms with Crippen LogP contribution in [0.5, 0.6) is 11.5 Å². The number of carbonyl (C=O) groups is 1. The Labute approximate surface area is 192 Å². The van der Waals surface area contributed by atoms with E-state index >= 15 is 0 Å². The van der Waals surface area contributed by atoms with Crippen molar-refractivity contribution in [3.63, 3.8) is 0 Å². The maximum Gasteiger partial charge on any atom is 0.271 e. The summed E-state index contributed by atoms with van der Waals surface area (Å²) >= 11 is 15.9. The van der Waals surface area contributed by atoms with Crippen LogP contribution in [0.4, 0.5) is 0 Å². The smallest absolute Gasteiger partial charge is 0.271 e. The highest BCUT2D eigenvalue weighted by Crippen LogP contribution is 2.33. The molecule has 0 aliphatic heterocycles. The van der Waals surface area contributed by atoms with Gasteiger partial charge in [0.2, 0.25) is 0 Å². The molecule has 154 valence electrons. The Kier molecular flexibility index (Phi) is 8.07. The predicted octanol–water partition coefficient (Wildman–Crippen LogP) is 5.37. The third kappa shape index (κ3) is 6.45. The van der Waals surface area contributed by atoms with Gasteiger partial charge in [-0.3, -0.25) is 9.78 Å². The molecule has 0 aliphatic carbocycles. The summed E-state index contributed by atoms with van der Waals surface area (Å²) in [5, 5.41) is 4.57. The summed E-state index contributed by atoms with van der Waals surface area (Å²) in [4.78, 5) is 15.8. The quantitative estimate of drug-likeness (QED) is 0.252. The Morgan fingerprint density at radius 3 is 2.33 bits per heavy atom. The lowest BCUT2D eigenvalue weighted by molar-refractivity contribution is 0.0955. The zero-order chi connectivity index (χ0) is 21.3. The van der Waals surface area contributed by atoms with Crippen LogP contribution in [0.1, 0.15) is 15.9 Å². The summed E-state index contributed by atoms with van der Waals surface area (Å²) in [7, 11) is 0. The molecule has 9 heteroatoms. The number of pyridine rings is 1. The molecular weight excluding hydrogens is 493 g/mol. The lowest BCUT2D eigenvalue weighted by Crippen LogP contribution is -2.17. The molecule has 0 spiro atoms. The van der Waals surface area contributed by atoms with Crippen molar-refractivity contribution in [1.82, 2.24) is 10.4 Å². The molecular formula is C21H16BrCl2N3O3. The van der Waals surface area contributed by atoms with Crippen molar-refractivity contribution in [3.8, 4) is 11.5 Å². The second kappa shape index (κ2) is 11.0. The first kappa shape index (κ1) is 22.1. The summed E-state index contributed by atoms with van der Waals surface area (Å²) in [5.74, 6) is 0.742. The third-order valence-corrected chi connectivity index (χ3v) is 4.85. The lowest BCUT2D eigenvalue weighted by Gasteiger charge is -2.11. The Morgan fingerprint density at radius 2 is 1.67 bits per heavy atom. The van der Waals surface area contributed by atoms with Gasteiger partial charge in [0.1, 0.15) is 19.0 Å². The van der Waals surface area contributed by atoms with E-state index in [0.717, 1.165) is 10.2 Å². The lowest BCUT2D eigenvalue weighted by atomic mass is 10.2. The van der Waals surface area contributed by atoms with Gasteiger partial charge in [-0.25, -0.2) is 5.43 Å². The van der Waals surface area contributed by atoms with Crippen molar-refractivity contribution in [2.24, 2.45) is 5.10 Å². The van der Waals surface area contributed by atoms with Crippen LogP contribution >= 0.6 is 39.1 Å². The van der Waals surface area contributed by atoms with Gasteiger partial charge < -0.3 is 9.47 Å². The number of aromatic nitrogens is 1. The fourth-order valence-corrected chi connectivity index (χ4v) is 3.24. The molecule has 0 atom stereocenters. The van der Waals surface area contributed by atoms with Gasteiger partial charge in [0.15, 0.2) is 5.75 Å². The van der Waals surface area contributed by atoms with E-state index < -0.39 is 0 Å². The van der Waals surface area contributed by atoms with E-state index in [9.17, 15) is 4.79 Å². The van der Waals surface area contributed by atoms with Crippen molar-refractivity contribution < 1.29 is 14.3 Å². The molecule has 1 amide bonds. The SMILES string of the molecule is O=C(NN=Cc1cc(Cl)c(OCCOc2ccc(Br)cc2)c(Cl)c1)c1ccncc1. The van der Waals surface area contributed by atoms with Crippen LogP contribution in [0.3, 0.4) is 0 Å². The van der Waals surface area contributed by atoms with Crippen LogP contribution < -0.4 is 14.9 Å². The minimum atomic E-state index is -0.350. The second-order valence-corrected chi connectivity index (χ2v) is 7.63. The van der Waals surface area contributed by atoms with E-state index in [-0.39, 0.29) is 12.5 Å².